The molecule has 0 unspecified atom stereocenters. The summed E-state index contributed by atoms with van der Waals surface area (Å²) >= 11 is 1.57. The van der Waals surface area contributed by atoms with Gasteiger partial charge in [-0.25, -0.2) is 33.8 Å². The van der Waals surface area contributed by atoms with Crippen LogP contribution in [0.5, 0.6) is 0 Å². The second-order valence-corrected chi connectivity index (χ2v) is 11.8. The Labute approximate surface area is 228 Å². The number of carbonyl (C=O) groups is 1. The van der Waals surface area contributed by atoms with Crippen molar-refractivity contribution in [2.24, 2.45) is 0 Å². The lowest BCUT2D eigenvalue weighted by Gasteiger charge is -2.28. The lowest BCUT2D eigenvalue weighted by molar-refractivity contribution is 0.0705. The molecule has 1 aromatic carbocycles. The molecule has 39 heavy (non-hydrogen) atoms. The van der Waals surface area contributed by atoms with Crippen molar-refractivity contribution in [3.63, 3.8) is 0 Å². The maximum absolute atomic E-state index is 11.7. The zero-order valence-corrected chi connectivity index (χ0v) is 22.8. The summed E-state index contributed by atoms with van der Waals surface area (Å²) in [5.74, 6) is 1.02. The number of morpholine rings is 1. The predicted molar refractivity (Wildman–Crippen MR) is 148 cm³/mol. The number of rotatable bonds is 8. The molecule has 0 atom stereocenters. The van der Waals surface area contributed by atoms with Crippen LogP contribution in [0.2, 0.25) is 0 Å². The molecule has 0 aliphatic carbocycles. The van der Waals surface area contributed by atoms with Gasteiger partial charge < -0.3 is 14.5 Å². The standard InChI is InChI=1S/C24H26N8O5S2/c1-31(24-25-12-16(13-26-24)23(33)29-34)14-18-11-19-20(38-18)22(32-6-8-37-9-7-32)28-21(27-19)15-4-3-5-17(10-15)30-39(2,35)36/h3-5,10-13,30,34H,6-9,14H2,1-2H3,(H,29,33). The zero-order chi connectivity index (χ0) is 27.6. The average Bonchev–Trinajstić information content (AvgIpc) is 3.34. The number of hydroxylamine groups is 1. The van der Waals surface area contributed by atoms with Crippen LogP contribution in [0.25, 0.3) is 21.6 Å². The van der Waals surface area contributed by atoms with Gasteiger partial charge in [0.05, 0.1) is 41.8 Å². The first kappa shape index (κ1) is 26.7. The van der Waals surface area contributed by atoms with E-state index in [0.29, 0.717) is 55.9 Å². The fourth-order valence-corrected chi connectivity index (χ4v) is 5.82. The number of nitrogens with zero attached hydrogens (tertiary/aromatic N) is 6. The van der Waals surface area contributed by atoms with Gasteiger partial charge in [-0.1, -0.05) is 12.1 Å². The molecule has 5 rings (SSSR count). The van der Waals surface area contributed by atoms with Crippen molar-refractivity contribution >= 4 is 54.9 Å². The third-order valence-corrected chi connectivity index (χ3v) is 7.59. The van der Waals surface area contributed by atoms with Crippen LogP contribution >= 0.6 is 11.3 Å². The highest BCUT2D eigenvalue weighted by Crippen LogP contribution is 2.35. The molecule has 1 fully saturated rings. The smallest absolute Gasteiger partial charge is 0.277 e. The van der Waals surface area contributed by atoms with Crippen molar-refractivity contribution in [2.75, 3.05) is 54.1 Å². The van der Waals surface area contributed by atoms with E-state index in [-0.39, 0.29) is 5.56 Å². The molecule has 0 bridgehead atoms. The second-order valence-electron chi connectivity index (χ2n) is 8.92. The summed E-state index contributed by atoms with van der Waals surface area (Å²) in [6.45, 7) is 3.05. The number of sulfonamides is 1. The van der Waals surface area contributed by atoms with E-state index in [0.717, 1.165) is 27.2 Å². The van der Waals surface area contributed by atoms with Crippen LogP contribution < -0.4 is 20.0 Å². The molecule has 1 aliphatic rings. The molecular formula is C24H26N8O5S2. The number of thiophene rings is 1. The van der Waals surface area contributed by atoms with Gasteiger partial charge in [-0.3, -0.25) is 14.7 Å². The molecule has 1 aliphatic heterocycles. The number of carbonyl (C=O) groups excluding carboxylic acids is 1. The van der Waals surface area contributed by atoms with Crippen molar-refractivity contribution in [1.29, 1.82) is 0 Å². The van der Waals surface area contributed by atoms with Crippen LogP contribution in [0.1, 0.15) is 15.2 Å². The number of fused-ring (bicyclic) bond motifs is 1. The number of hydrogen-bond donors (Lipinski definition) is 3. The molecular weight excluding hydrogens is 544 g/mol. The Morgan fingerprint density at radius 3 is 2.62 bits per heavy atom. The number of benzene rings is 1. The fourth-order valence-electron chi connectivity index (χ4n) is 4.10. The molecule has 3 aromatic heterocycles. The van der Waals surface area contributed by atoms with Gasteiger partial charge in [-0.05, 0) is 18.2 Å². The highest BCUT2D eigenvalue weighted by atomic mass is 32.2. The molecule has 15 heteroatoms. The van der Waals surface area contributed by atoms with E-state index < -0.39 is 15.9 Å². The maximum Gasteiger partial charge on any atom is 0.277 e. The maximum atomic E-state index is 11.7. The SMILES string of the molecule is CN(Cc1cc2nc(-c3cccc(NS(C)(=O)=O)c3)nc(N3CCOCC3)c2s1)c1ncc(C(=O)NO)cn1. The summed E-state index contributed by atoms with van der Waals surface area (Å²) in [7, 11) is -1.59. The van der Waals surface area contributed by atoms with Crippen LogP contribution in [0.3, 0.4) is 0 Å². The Bertz CT molecular complexity index is 1600. The van der Waals surface area contributed by atoms with Crippen molar-refractivity contribution in [3.05, 3.63) is 53.2 Å². The van der Waals surface area contributed by atoms with Gasteiger partial charge in [-0.15, -0.1) is 11.3 Å². The molecule has 1 saturated heterocycles. The third kappa shape index (κ3) is 6.22. The van der Waals surface area contributed by atoms with Crippen LogP contribution in [0.4, 0.5) is 17.5 Å². The van der Waals surface area contributed by atoms with E-state index in [1.165, 1.54) is 12.4 Å². The highest BCUT2D eigenvalue weighted by molar-refractivity contribution is 7.92. The minimum absolute atomic E-state index is 0.144. The number of amides is 1. The van der Waals surface area contributed by atoms with Crippen LogP contribution in [-0.2, 0) is 21.3 Å². The largest absolute Gasteiger partial charge is 0.378 e. The summed E-state index contributed by atoms with van der Waals surface area (Å²) in [5.41, 5.74) is 3.59. The van der Waals surface area contributed by atoms with Crippen molar-refractivity contribution in [3.8, 4) is 11.4 Å². The Balaban J connectivity index is 1.49. The molecule has 204 valence electrons. The molecule has 0 saturated carbocycles. The Hall–Kier alpha value is -3.92. The van der Waals surface area contributed by atoms with E-state index >= 15 is 0 Å². The summed E-state index contributed by atoms with van der Waals surface area (Å²) in [6, 6.07) is 8.99. The van der Waals surface area contributed by atoms with Crippen molar-refractivity contribution in [1.82, 2.24) is 25.4 Å². The van der Waals surface area contributed by atoms with Crippen LogP contribution in [0, 0.1) is 0 Å². The van der Waals surface area contributed by atoms with Gasteiger partial charge >= 0.3 is 0 Å². The molecule has 0 radical (unpaired) electrons. The van der Waals surface area contributed by atoms with Crippen molar-refractivity contribution in [2.45, 2.75) is 6.54 Å². The lowest BCUT2D eigenvalue weighted by atomic mass is 10.2. The van der Waals surface area contributed by atoms with Gasteiger partial charge in [0.1, 0.15) is 0 Å². The monoisotopic (exact) mass is 570 g/mol. The zero-order valence-electron chi connectivity index (χ0n) is 21.2. The van der Waals surface area contributed by atoms with E-state index in [2.05, 4.69) is 19.6 Å². The molecule has 4 aromatic rings. The Kier molecular flexibility index (Phi) is 7.56. The number of hydrogen-bond acceptors (Lipinski definition) is 12. The number of ether oxygens (including phenoxy) is 1. The number of nitrogens with one attached hydrogen (secondary N) is 2. The van der Waals surface area contributed by atoms with Crippen LogP contribution in [0.15, 0.2) is 42.7 Å². The predicted octanol–water partition coefficient (Wildman–Crippen LogP) is 2.11. The van der Waals surface area contributed by atoms with E-state index in [1.54, 1.807) is 35.0 Å². The minimum atomic E-state index is -3.43. The summed E-state index contributed by atoms with van der Waals surface area (Å²) in [5, 5.41) is 8.78. The minimum Gasteiger partial charge on any atom is -0.378 e. The second kappa shape index (κ2) is 11.1. The van der Waals surface area contributed by atoms with Crippen LogP contribution in [-0.4, -0.2) is 79.1 Å². The van der Waals surface area contributed by atoms with Gasteiger partial charge in [0.2, 0.25) is 16.0 Å². The van der Waals surface area contributed by atoms with Crippen molar-refractivity contribution < 1.29 is 23.2 Å². The van der Waals surface area contributed by atoms with Gasteiger partial charge in [0.15, 0.2) is 11.6 Å². The van der Waals surface area contributed by atoms with Gasteiger partial charge in [0.25, 0.3) is 5.91 Å². The first-order chi connectivity index (χ1) is 18.7. The quantitative estimate of drug-likeness (QED) is 0.210. The van der Waals surface area contributed by atoms with Gasteiger partial charge in [-0.2, -0.15) is 0 Å². The summed E-state index contributed by atoms with van der Waals surface area (Å²) in [6.07, 6.45) is 3.79. The normalized spacial score (nSPS) is 13.9. The molecule has 3 N–H and O–H groups in total. The third-order valence-electron chi connectivity index (χ3n) is 5.88. The first-order valence-corrected chi connectivity index (χ1v) is 14.6. The lowest BCUT2D eigenvalue weighted by Crippen LogP contribution is -2.36. The summed E-state index contributed by atoms with van der Waals surface area (Å²) < 4.78 is 32.5. The molecule has 4 heterocycles. The first-order valence-electron chi connectivity index (χ1n) is 11.9. The highest BCUT2D eigenvalue weighted by Gasteiger charge is 2.21. The topological polar surface area (TPSA) is 163 Å². The Morgan fingerprint density at radius 2 is 1.92 bits per heavy atom. The molecule has 0 spiro atoms. The Morgan fingerprint density at radius 1 is 1.18 bits per heavy atom. The number of anilines is 3. The summed E-state index contributed by atoms with van der Waals surface area (Å²) in [4.78, 5) is 34.8. The van der Waals surface area contributed by atoms with E-state index in [1.807, 2.05) is 24.1 Å². The average molecular weight is 571 g/mol. The number of aromatic nitrogens is 4. The molecule has 13 nitrogen and oxygen atoms in total. The van der Waals surface area contributed by atoms with Gasteiger partial charge in [0, 0.05) is 48.7 Å². The fraction of sp³-hybridized carbons (Fsp3) is 0.292. The van der Waals surface area contributed by atoms with E-state index in [4.69, 9.17) is 19.9 Å². The molecule has 1 amide bonds. The van der Waals surface area contributed by atoms with E-state index in [9.17, 15) is 13.2 Å².